The van der Waals surface area contributed by atoms with Crippen LogP contribution >= 0.6 is 0 Å². The lowest BCUT2D eigenvalue weighted by molar-refractivity contribution is -0.161. The Kier molecular flexibility index (Phi) is 11.1. The van der Waals surface area contributed by atoms with Gasteiger partial charge in [0.15, 0.2) is 0 Å². The van der Waals surface area contributed by atoms with Crippen LogP contribution in [0.4, 0.5) is 4.79 Å². The number of carbonyl (C=O) groups excluding carboxylic acids is 2. The molecule has 0 N–H and O–H groups in total. The van der Waals surface area contributed by atoms with E-state index in [1.807, 2.05) is 84.0 Å². The van der Waals surface area contributed by atoms with E-state index >= 15 is 0 Å². The molecule has 5 heteroatoms. The molecule has 0 unspecified atom stereocenters. The van der Waals surface area contributed by atoms with Crippen LogP contribution in [-0.4, -0.2) is 35.2 Å². The molecule has 31 heavy (non-hydrogen) atoms. The van der Waals surface area contributed by atoms with Crippen molar-refractivity contribution in [3.8, 4) is 0 Å². The third kappa shape index (κ3) is 8.60. The summed E-state index contributed by atoms with van der Waals surface area (Å²) in [7, 11) is 0. The van der Waals surface area contributed by atoms with Gasteiger partial charge in [0.1, 0.15) is 5.60 Å². The summed E-state index contributed by atoms with van der Waals surface area (Å²) in [5.41, 5.74) is 0.333. The van der Waals surface area contributed by atoms with E-state index in [0.29, 0.717) is 13.0 Å². The molecule has 1 aromatic carbocycles. The van der Waals surface area contributed by atoms with Gasteiger partial charge in [0, 0.05) is 0 Å². The normalized spacial score (nSPS) is 14.5. The van der Waals surface area contributed by atoms with Gasteiger partial charge in [-0.2, -0.15) is 0 Å². The molecule has 0 spiro atoms. The van der Waals surface area contributed by atoms with E-state index in [2.05, 4.69) is 6.58 Å². The molecule has 0 saturated carbocycles. The Hall–Kier alpha value is -2.56. The summed E-state index contributed by atoms with van der Waals surface area (Å²) in [5.74, 6) is -0.958. The number of esters is 1. The predicted molar refractivity (Wildman–Crippen MR) is 126 cm³/mol. The van der Waals surface area contributed by atoms with E-state index in [-0.39, 0.29) is 12.0 Å². The van der Waals surface area contributed by atoms with E-state index in [4.69, 9.17) is 9.47 Å². The number of rotatable bonds is 11. The Balaban J connectivity index is 3.41. The van der Waals surface area contributed by atoms with Crippen molar-refractivity contribution in [2.75, 3.05) is 6.61 Å². The summed E-state index contributed by atoms with van der Waals surface area (Å²) in [6.07, 6.45) is 7.08. The molecule has 0 aromatic heterocycles. The second kappa shape index (κ2) is 13.0. The molecule has 172 valence electrons. The summed E-state index contributed by atoms with van der Waals surface area (Å²) in [4.78, 5) is 28.0. The van der Waals surface area contributed by atoms with Crippen LogP contribution in [0.1, 0.15) is 72.4 Å². The standard InChI is InChI=1S/C26H39NO4/c1-8-11-19-30-25(29)27(20(4)21-17-13-12-14-18-21)23(16-10-3)22(15-9-2)24(28)31-26(5,6)7/h9-10,12-14,16-18,20,22-23H,2,8,11,15,19H2,1,3-7H3/b16-10+/t20-,22-,23-/m0/s1. The van der Waals surface area contributed by atoms with Gasteiger partial charge in [-0.05, 0) is 53.0 Å². The number of unbranched alkanes of at least 4 members (excludes halogenated alkanes) is 1. The molecule has 1 aromatic rings. The van der Waals surface area contributed by atoms with E-state index < -0.39 is 23.7 Å². The Bertz CT molecular complexity index is 721. The SMILES string of the molecule is C=CC[C@H](C(=O)OC(C)(C)C)[C@H](/C=C/C)N(C(=O)OCCCC)[C@@H](C)c1ccccc1. The van der Waals surface area contributed by atoms with Gasteiger partial charge in [0.2, 0.25) is 0 Å². The maximum absolute atomic E-state index is 13.3. The smallest absolute Gasteiger partial charge is 0.410 e. The molecule has 0 aliphatic carbocycles. The van der Waals surface area contributed by atoms with Gasteiger partial charge in [-0.3, -0.25) is 9.69 Å². The molecular weight excluding hydrogens is 390 g/mol. The Morgan fingerprint density at radius 3 is 2.35 bits per heavy atom. The first-order valence-electron chi connectivity index (χ1n) is 11.1. The third-order valence-corrected chi connectivity index (χ3v) is 4.89. The van der Waals surface area contributed by atoms with Crippen LogP contribution in [0.2, 0.25) is 0 Å². The number of nitrogens with zero attached hydrogens (tertiary/aromatic N) is 1. The highest BCUT2D eigenvalue weighted by Crippen LogP contribution is 2.30. The summed E-state index contributed by atoms with van der Waals surface area (Å²) in [6, 6.07) is 8.91. The van der Waals surface area contributed by atoms with Gasteiger partial charge in [-0.25, -0.2) is 4.79 Å². The number of benzene rings is 1. The Morgan fingerprint density at radius 2 is 1.84 bits per heavy atom. The molecule has 0 aliphatic heterocycles. The largest absolute Gasteiger partial charge is 0.460 e. The monoisotopic (exact) mass is 429 g/mol. The van der Waals surface area contributed by atoms with Crippen molar-refractivity contribution in [1.29, 1.82) is 0 Å². The van der Waals surface area contributed by atoms with Gasteiger partial charge >= 0.3 is 12.1 Å². The lowest BCUT2D eigenvalue weighted by Crippen LogP contribution is -2.48. The predicted octanol–water partition coefficient (Wildman–Crippen LogP) is 6.47. The molecule has 1 amide bonds. The summed E-state index contributed by atoms with van der Waals surface area (Å²) in [6.45, 7) is 15.5. The minimum absolute atomic E-state index is 0.300. The van der Waals surface area contributed by atoms with Crippen LogP contribution in [0.15, 0.2) is 55.1 Å². The first-order chi connectivity index (χ1) is 14.7. The third-order valence-electron chi connectivity index (χ3n) is 4.89. The van der Waals surface area contributed by atoms with E-state index in [1.54, 1.807) is 11.0 Å². The number of amides is 1. The first kappa shape index (κ1) is 26.5. The van der Waals surface area contributed by atoms with Crippen LogP contribution in [0, 0.1) is 5.92 Å². The van der Waals surface area contributed by atoms with E-state index in [1.165, 1.54) is 0 Å². The van der Waals surface area contributed by atoms with Gasteiger partial charge in [0.25, 0.3) is 0 Å². The average molecular weight is 430 g/mol. The molecule has 0 fully saturated rings. The van der Waals surface area contributed by atoms with Gasteiger partial charge in [0.05, 0.1) is 24.6 Å². The lowest BCUT2D eigenvalue weighted by atomic mass is 9.92. The van der Waals surface area contributed by atoms with Crippen LogP contribution in [-0.2, 0) is 14.3 Å². The zero-order valence-electron chi connectivity index (χ0n) is 20.0. The molecule has 0 bridgehead atoms. The molecule has 5 nitrogen and oxygen atoms in total. The molecule has 0 radical (unpaired) electrons. The highest BCUT2D eigenvalue weighted by molar-refractivity contribution is 5.76. The Labute approximate surface area is 188 Å². The second-order valence-corrected chi connectivity index (χ2v) is 8.64. The fraction of sp³-hybridized carbons (Fsp3) is 0.538. The first-order valence-corrected chi connectivity index (χ1v) is 11.1. The van der Waals surface area contributed by atoms with Crippen LogP contribution < -0.4 is 0 Å². The van der Waals surface area contributed by atoms with Crippen molar-refractivity contribution in [3.05, 3.63) is 60.7 Å². The fourth-order valence-electron chi connectivity index (χ4n) is 3.36. The van der Waals surface area contributed by atoms with E-state index in [0.717, 1.165) is 18.4 Å². The zero-order valence-corrected chi connectivity index (χ0v) is 20.0. The quantitative estimate of drug-likeness (QED) is 0.230. The molecule has 0 heterocycles. The highest BCUT2D eigenvalue weighted by atomic mass is 16.6. The topological polar surface area (TPSA) is 55.8 Å². The summed E-state index contributed by atoms with van der Waals surface area (Å²) in [5, 5.41) is 0. The average Bonchev–Trinajstić information content (AvgIpc) is 2.71. The number of allylic oxidation sites excluding steroid dienone is 2. The second-order valence-electron chi connectivity index (χ2n) is 8.64. The maximum atomic E-state index is 13.3. The van der Waals surface area contributed by atoms with Crippen LogP contribution in [0.3, 0.4) is 0 Å². The number of hydrogen-bond donors (Lipinski definition) is 0. The fourth-order valence-corrected chi connectivity index (χ4v) is 3.36. The van der Waals surface area contributed by atoms with Gasteiger partial charge in [-0.1, -0.05) is 61.9 Å². The van der Waals surface area contributed by atoms with Gasteiger partial charge < -0.3 is 9.47 Å². The zero-order chi connectivity index (χ0) is 23.4. The van der Waals surface area contributed by atoms with Crippen molar-refractivity contribution in [2.24, 2.45) is 5.92 Å². The lowest BCUT2D eigenvalue weighted by Gasteiger charge is -2.38. The van der Waals surface area contributed by atoms with Crippen molar-refractivity contribution in [1.82, 2.24) is 4.90 Å². The summed E-state index contributed by atoms with van der Waals surface area (Å²) >= 11 is 0. The van der Waals surface area contributed by atoms with E-state index in [9.17, 15) is 9.59 Å². The van der Waals surface area contributed by atoms with Gasteiger partial charge in [-0.15, -0.1) is 6.58 Å². The van der Waals surface area contributed by atoms with Crippen LogP contribution in [0.25, 0.3) is 0 Å². The van der Waals surface area contributed by atoms with Crippen molar-refractivity contribution >= 4 is 12.1 Å². The number of carbonyl (C=O) groups is 2. The molecule has 0 aliphatic rings. The van der Waals surface area contributed by atoms with Crippen LogP contribution in [0.5, 0.6) is 0 Å². The number of hydrogen-bond acceptors (Lipinski definition) is 4. The molecular formula is C26H39NO4. The minimum atomic E-state index is -0.630. The maximum Gasteiger partial charge on any atom is 0.410 e. The highest BCUT2D eigenvalue weighted by Gasteiger charge is 2.38. The van der Waals surface area contributed by atoms with Crippen molar-refractivity contribution in [2.45, 2.75) is 78.5 Å². The number of ether oxygens (including phenoxy) is 2. The summed E-state index contributed by atoms with van der Waals surface area (Å²) < 4.78 is 11.3. The van der Waals surface area contributed by atoms with Crippen molar-refractivity contribution in [3.63, 3.8) is 0 Å². The minimum Gasteiger partial charge on any atom is -0.460 e. The molecule has 0 saturated heterocycles. The molecule has 3 atom stereocenters. The Morgan fingerprint density at radius 1 is 1.19 bits per heavy atom. The molecule has 1 rings (SSSR count). The van der Waals surface area contributed by atoms with Crippen molar-refractivity contribution < 1.29 is 19.1 Å².